The molecule has 0 saturated carbocycles. The summed E-state index contributed by atoms with van der Waals surface area (Å²) in [6.07, 6.45) is 3.26. The number of nitrogens with one attached hydrogen (secondary N) is 1. The van der Waals surface area contributed by atoms with Gasteiger partial charge < -0.3 is 5.32 Å². The van der Waals surface area contributed by atoms with Gasteiger partial charge >= 0.3 is 0 Å². The van der Waals surface area contributed by atoms with Gasteiger partial charge in [0.2, 0.25) is 0 Å². The highest BCUT2D eigenvalue weighted by Crippen LogP contribution is 2.03. The standard InChI is InChI=1S/C10H12N4.C2H6/c1-2-4-10(5-3-1)12-6-7-14-9-11-8-13-14;1-2/h1-5,8-9,12H,6-7H2;1-2H3. The van der Waals surface area contributed by atoms with Gasteiger partial charge in [-0.15, -0.1) is 0 Å². The lowest BCUT2D eigenvalue weighted by atomic mass is 10.3. The first-order valence-electron chi connectivity index (χ1n) is 5.56. The highest BCUT2D eigenvalue weighted by Gasteiger charge is 1.91. The minimum Gasteiger partial charge on any atom is -0.383 e. The Bertz CT molecular complexity index is 356. The largest absolute Gasteiger partial charge is 0.383 e. The van der Waals surface area contributed by atoms with Gasteiger partial charge in [-0.3, -0.25) is 4.68 Å². The molecule has 4 nitrogen and oxygen atoms in total. The molecule has 1 aromatic heterocycles. The fourth-order valence-electron chi connectivity index (χ4n) is 1.22. The van der Waals surface area contributed by atoms with Crippen molar-refractivity contribution in [2.75, 3.05) is 11.9 Å². The van der Waals surface area contributed by atoms with Gasteiger partial charge in [-0.05, 0) is 12.1 Å². The molecule has 86 valence electrons. The first kappa shape index (κ1) is 12.2. The molecule has 2 aromatic rings. The zero-order valence-corrected chi connectivity index (χ0v) is 9.80. The normalized spacial score (nSPS) is 9.12. The second kappa shape index (κ2) is 7.45. The molecule has 1 heterocycles. The van der Waals surface area contributed by atoms with Crippen molar-refractivity contribution < 1.29 is 0 Å². The lowest BCUT2D eigenvalue weighted by Gasteiger charge is -2.05. The summed E-state index contributed by atoms with van der Waals surface area (Å²) in [4.78, 5) is 3.87. The predicted molar refractivity (Wildman–Crippen MR) is 66.3 cm³/mol. The van der Waals surface area contributed by atoms with E-state index in [1.165, 1.54) is 0 Å². The molecular weight excluding hydrogens is 200 g/mol. The SMILES string of the molecule is CC.c1ccc(NCCn2cncn2)cc1. The topological polar surface area (TPSA) is 42.7 Å². The van der Waals surface area contributed by atoms with E-state index >= 15 is 0 Å². The minimum atomic E-state index is 0.828. The third kappa shape index (κ3) is 4.13. The van der Waals surface area contributed by atoms with Crippen LogP contribution in [0.5, 0.6) is 0 Å². The summed E-state index contributed by atoms with van der Waals surface area (Å²) >= 11 is 0. The molecule has 1 aromatic carbocycles. The van der Waals surface area contributed by atoms with E-state index in [1.54, 1.807) is 17.3 Å². The molecule has 0 atom stereocenters. The minimum absolute atomic E-state index is 0.828. The summed E-state index contributed by atoms with van der Waals surface area (Å²) < 4.78 is 1.80. The van der Waals surface area contributed by atoms with E-state index in [0.29, 0.717) is 0 Å². The number of aromatic nitrogens is 3. The molecule has 0 radical (unpaired) electrons. The summed E-state index contributed by atoms with van der Waals surface area (Å²) in [5.74, 6) is 0. The third-order valence-corrected chi connectivity index (χ3v) is 1.91. The van der Waals surface area contributed by atoms with Crippen molar-refractivity contribution in [2.45, 2.75) is 20.4 Å². The number of anilines is 1. The molecule has 0 unspecified atom stereocenters. The highest BCUT2D eigenvalue weighted by molar-refractivity contribution is 5.42. The number of benzene rings is 1. The molecule has 0 saturated heterocycles. The van der Waals surface area contributed by atoms with Crippen LogP contribution in [0, 0.1) is 0 Å². The Morgan fingerprint density at radius 2 is 1.94 bits per heavy atom. The van der Waals surface area contributed by atoms with Gasteiger partial charge in [-0.1, -0.05) is 32.0 Å². The van der Waals surface area contributed by atoms with Gasteiger partial charge in [0.1, 0.15) is 12.7 Å². The van der Waals surface area contributed by atoms with Crippen LogP contribution in [0.3, 0.4) is 0 Å². The Kier molecular flexibility index (Phi) is 5.70. The van der Waals surface area contributed by atoms with Crippen LogP contribution in [-0.2, 0) is 6.54 Å². The molecule has 2 rings (SSSR count). The second-order valence-electron chi connectivity index (χ2n) is 2.95. The summed E-state index contributed by atoms with van der Waals surface area (Å²) in [7, 11) is 0. The molecule has 0 aliphatic carbocycles. The van der Waals surface area contributed by atoms with Crippen molar-refractivity contribution in [3.63, 3.8) is 0 Å². The Morgan fingerprint density at radius 3 is 2.56 bits per heavy atom. The van der Waals surface area contributed by atoms with Crippen LogP contribution in [0.2, 0.25) is 0 Å². The monoisotopic (exact) mass is 218 g/mol. The van der Waals surface area contributed by atoms with E-state index < -0.39 is 0 Å². The van der Waals surface area contributed by atoms with Crippen molar-refractivity contribution in [2.24, 2.45) is 0 Å². The van der Waals surface area contributed by atoms with Gasteiger partial charge in [-0.2, -0.15) is 5.10 Å². The van der Waals surface area contributed by atoms with E-state index in [9.17, 15) is 0 Å². The number of nitrogens with zero attached hydrogens (tertiary/aromatic N) is 3. The first-order chi connectivity index (χ1) is 7.95. The maximum absolute atomic E-state index is 4.01. The zero-order chi connectivity index (χ0) is 11.6. The Balaban J connectivity index is 0.000000606. The zero-order valence-electron chi connectivity index (χ0n) is 9.80. The maximum atomic E-state index is 4.01. The van der Waals surface area contributed by atoms with Gasteiger partial charge in [0, 0.05) is 12.2 Å². The van der Waals surface area contributed by atoms with Crippen LogP contribution < -0.4 is 5.32 Å². The van der Waals surface area contributed by atoms with E-state index in [1.807, 2.05) is 44.2 Å². The molecule has 0 aliphatic rings. The Morgan fingerprint density at radius 1 is 1.19 bits per heavy atom. The lowest BCUT2D eigenvalue weighted by Crippen LogP contribution is -2.10. The molecule has 1 N–H and O–H groups in total. The summed E-state index contributed by atoms with van der Waals surface area (Å²) in [5, 5.41) is 7.31. The molecule has 0 amide bonds. The third-order valence-electron chi connectivity index (χ3n) is 1.91. The number of hydrogen-bond acceptors (Lipinski definition) is 3. The number of hydrogen-bond donors (Lipinski definition) is 1. The van der Waals surface area contributed by atoms with E-state index in [0.717, 1.165) is 18.8 Å². The molecule has 4 heteroatoms. The van der Waals surface area contributed by atoms with E-state index in [4.69, 9.17) is 0 Å². The van der Waals surface area contributed by atoms with Crippen LogP contribution in [0.4, 0.5) is 5.69 Å². The fraction of sp³-hybridized carbons (Fsp3) is 0.333. The summed E-state index contributed by atoms with van der Waals surface area (Å²) in [6, 6.07) is 10.1. The van der Waals surface area contributed by atoms with Crippen LogP contribution in [0.15, 0.2) is 43.0 Å². The quantitative estimate of drug-likeness (QED) is 0.857. The van der Waals surface area contributed by atoms with Crippen molar-refractivity contribution in [3.05, 3.63) is 43.0 Å². The Hall–Kier alpha value is -1.84. The van der Waals surface area contributed by atoms with Crippen molar-refractivity contribution in [1.82, 2.24) is 14.8 Å². The average molecular weight is 218 g/mol. The molecule has 0 spiro atoms. The maximum Gasteiger partial charge on any atom is 0.137 e. The fourth-order valence-corrected chi connectivity index (χ4v) is 1.22. The van der Waals surface area contributed by atoms with Gasteiger partial charge in [0.05, 0.1) is 6.54 Å². The van der Waals surface area contributed by atoms with Crippen LogP contribution in [0.25, 0.3) is 0 Å². The summed E-state index contributed by atoms with van der Waals surface area (Å²) in [5.41, 5.74) is 1.13. The van der Waals surface area contributed by atoms with E-state index in [2.05, 4.69) is 15.4 Å². The molecule has 16 heavy (non-hydrogen) atoms. The van der Waals surface area contributed by atoms with Crippen LogP contribution in [0.1, 0.15) is 13.8 Å². The highest BCUT2D eigenvalue weighted by atomic mass is 15.3. The van der Waals surface area contributed by atoms with Gasteiger partial charge in [-0.25, -0.2) is 4.98 Å². The van der Waals surface area contributed by atoms with Gasteiger partial charge in [0.25, 0.3) is 0 Å². The molecule has 0 bridgehead atoms. The van der Waals surface area contributed by atoms with Crippen LogP contribution >= 0.6 is 0 Å². The first-order valence-corrected chi connectivity index (χ1v) is 5.56. The predicted octanol–water partition coefficient (Wildman–Crippen LogP) is 2.42. The average Bonchev–Trinajstić information content (AvgIpc) is 2.86. The Labute approximate surface area is 96.3 Å². The van der Waals surface area contributed by atoms with Crippen molar-refractivity contribution in [1.29, 1.82) is 0 Å². The number of rotatable bonds is 4. The summed E-state index contributed by atoms with van der Waals surface area (Å²) in [6.45, 7) is 5.68. The molecule has 0 aliphatic heterocycles. The molecule has 0 fully saturated rings. The lowest BCUT2D eigenvalue weighted by molar-refractivity contribution is 0.636. The van der Waals surface area contributed by atoms with Crippen molar-refractivity contribution >= 4 is 5.69 Å². The van der Waals surface area contributed by atoms with E-state index in [-0.39, 0.29) is 0 Å². The van der Waals surface area contributed by atoms with Crippen molar-refractivity contribution in [3.8, 4) is 0 Å². The smallest absolute Gasteiger partial charge is 0.137 e. The number of para-hydroxylation sites is 1. The van der Waals surface area contributed by atoms with Gasteiger partial charge in [0.15, 0.2) is 0 Å². The second-order valence-corrected chi connectivity index (χ2v) is 2.95. The molecular formula is C12H18N4. The van der Waals surface area contributed by atoms with Crippen LogP contribution in [-0.4, -0.2) is 21.3 Å².